The van der Waals surface area contributed by atoms with Crippen molar-refractivity contribution in [3.63, 3.8) is 0 Å². The van der Waals surface area contributed by atoms with Gasteiger partial charge in [0.15, 0.2) is 9.84 Å². The number of rotatable bonds is 6. The van der Waals surface area contributed by atoms with E-state index in [2.05, 4.69) is 10.6 Å². The minimum atomic E-state index is -3.99. The summed E-state index contributed by atoms with van der Waals surface area (Å²) in [6.07, 6.45) is 1.30. The first-order valence-electron chi connectivity index (χ1n) is 7.83. The minimum Gasteiger partial charge on any atom is -0.468 e. The molecule has 1 aromatic carbocycles. The van der Waals surface area contributed by atoms with Crippen LogP contribution in [-0.2, 0) is 19.4 Å². The van der Waals surface area contributed by atoms with Crippen LogP contribution in [0.3, 0.4) is 0 Å². The van der Waals surface area contributed by atoms with Gasteiger partial charge in [-0.15, -0.1) is 0 Å². The minimum absolute atomic E-state index is 0.0962. The molecule has 0 saturated carbocycles. The summed E-state index contributed by atoms with van der Waals surface area (Å²) in [6, 6.07) is 7.04. The number of sulfone groups is 1. The van der Waals surface area contributed by atoms with E-state index in [4.69, 9.17) is 4.42 Å². The van der Waals surface area contributed by atoms with Gasteiger partial charge >= 0.3 is 11.8 Å². The molecule has 0 radical (unpaired) electrons. The zero-order chi connectivity index (χ0) is 19.3. The first-order valence-corrected chi connectivity index (χ1v) is 9.38. The van der Waals surface area contributed by atoms with Crippen molar-refractivity contribution >= 4 is 21.7 Å². The van der Waals surface area contributed by atoms with Crippen LogP contribution >= 0.6 is 0 Å². The fraction of sp³-hybridized carbons (Fsp3) is 0.294. The topological polar surface area (TPSA) is 105 Å². The first kappa shape index (κ1) is 19.6. The summed E-state index contributed by atoms with van der Waals surface area (Å²) in [5.74, 6) is -2.29. The van der Waals surface area contributed by atoms with Gasteiger partial charge in [-0.05, 0) is 50.2 Å². The van der Waals surface area contributed by atoms with Crippen LogP contribution in [0.25, 0.3) is 0 Å². The van der Waals surface area contributed by atoms with E-state index in [0.717, 1.165) is 24.3 Å². The van der Waals surface area contributed by atoms with Gasteiger partial charge in [0.2, 0.25) is 0 Å². The molecule has 7 nitrogen and oxygen atoms in total. The molecule has 1 aromatic heterocycles. The predicted molar refractivity (Wildman–Crippen MR) is 91.3 cm³/mol. The fourth-order valence-electron chi connectivity index (χ4n) is 2.22. The maximum absolute atomic E-state index is 13.1. The van der Waals surface area contributed by atoms with Crippen molar-refractivity contribution in [1.29, 1.82) is 0 Å². The van der Waals surface area contributed by atoms with Gasteiger partial charge < -0.3 is 15.1 Å². The van der Waals surface area contributed by atoms with Gasteiger partial charge in [-0.1, -0.05) is 0 Å². The van der Waals surface area contributed by atoms with E-state index >= 15 is 0 Å². The monoisotopic (exact) mass is 382 g/mol. The molecule has 1 heterocycles. The fourth-order valence-corrected chi connectivity index (χ4v) is 3.81. The van der Waals surface area contributed by atoms with E-state index in [9.17, 15) is 22.4 Å². The Morgan fingerprint density at radius 1 is 1.12 bits per heavy atom. The number of hydrogen-bond donors (Lipinski definition) is 2. The highest BCUT2D eigenvalue weighted by molar-refractivity contribution is 7.91. The van der Waals surface area contributed by atoms with Crippen LogP contribution in [0.2, 0.25) is 0 Å². The van der Waals surface area contributed by atoms with E-state index in [0.29, 0.717) is 0 Å². The number of benzene rings is 1. The number of amides is 2. The molecule has 1 unspecified atom stereocenters. The smallest absolute Gasteiger partial charge is 0.309 e. The largest absolute Gasteiger partial charge is 0.468 e. The normalized spacial score (nSPS) is 12.6. The van der Waals surface area contributed by atoms with E-state index in [1.807, 2.05) is 0 Å². The summed E-state index contributed by atoms with van der Waals surface area (Å²) >= 11 is 0. The lowest BCUT2D eigenvalue weighted by Crippen LogP contribution is -2.44. The number of hydrogen-bond acceptors (Lipinski definition) is 5. The van der Waals surface area contributed by atoms with Gasteiger partial charge in [0, 0.05) is 12.6 Å². The maximum Gasteiger partial charge on any atom is 0.309 e. The lowest BCUT2D eigenvalue weighted by atomic mass is 10.3. The van der Waals surface area contributed by atoms with Crippen LogP contribution in [0, 0.1) is 5.82 Å². The highest BCUT2D eigenvalue weighted by Crippen LogP contribution is 2.29. The number of nitrogens with one attached hydrogen (secondary N) is 2. The van der Waals surface area contributed by atoms with Crippen molar-refractivity contribution in [2.75, 3.05) is 6.54 Å². The Labute approximate surface area is 150 Å². The summed E-state index contributed by atoms with van der Waals surface area (Å²) in [5, 5.41) is 3.45. The molecule has 140 valence electrons. The quantitative estimate of drug-likeness (QED) is 0.583. The highest BCUT2D eigenvalue weighted by atomic mass is 32.2. The van der Waals surface area contributed by atoms with Crippen LogP contribution in [0.15, 0.2) is 52.0 Å². The Hall–Kier alpha value is -2.68. The van der Waals surface area contributed by atoms with Crippen LogP contribution < -0.4 is 10.6 Å². The second kappa shape index (κ2) is 8.13. The average Bonchev–Trinajstić information content (AvgIpc) is 3.08. The van der Waals surface area contributed by atoms with E-state index < -0.39 is 32.7 Å². The van der Waals surface area contributed by atoms with Gasteiger partial charge in [0.1, 0.15) is 16.8 Å². The third-order valence-electron chi connectivity index (χ3n) is 3.45. The average molecular weight is 382 g/mol. The number of carbonyl (C=O) groups excluding carboxylic acids is 2. The Morgan fingerprint density at radius 3 is 2.31 bits per heavy atom. The molecule has 0 aliphatic rings. The van der Waals surface area contributed by atoms with Crippen LogP contribution in [0.5, 0.6) is 0 Å². The molecule has 26 heavy (non-hydrogen) atoms. The molecule has 0 aliphatic carbocycles. The molecule has 1 atom stereocenters. The molecular formula is C17H19FN2O5S. The van der Waals surface area contributed by atoms with Gasteiger partial charge in [-0.2, -0.15) is 0 Å². The summed E-state index contributed by atoms with van der Waals surface area (Å²) in [7, 11) is -3.99. The molecule has 0 spiro atoms. The lowest BCUT2D eigenvalue weighted by molar-refractivity contribution is -0.139. The van der Waals surface area contributed by atoms with E-state index in [1.165, 1.54) is 18.4 Å². The maximum atomic E-state index is 13.1. The Bertz CT molecular complexity index is 861. The van der Waals surface area contributed by atoms with E-state index in [-0.39, 0.29) is 23.2 Å². The van der Waals surface area contributed by atoms with Crippen LogP contribution in [-0.4, -0.2) is 32.8 Å². The molecule has 2 N–H and O–H groups in total. The van der Waals surface area contributed by atoms with Gasteiger partial charge in [-0.25, -0.2) is 12.8 Å². The molecule has 0 bridgehead atoms. The number of halogens is 1. The summed E-state index contributed by atoms with van der Waals surface area (Å²) in [6.45, 7) is 3.00. The molecule has 0 saturated heterocycles. The van der Waals surface area contributed by atoms with Crippen molar-refractivity contribution in [2.45, 2.75) is 30.0 Å². The lowest BCUT2D eigenvalue weighted by Gasteiger charge is -2.17. The molecule has 0 aliphatic heterocycles. The number of carbonyl (C=O) groups is 2. The molecule has 2 amide bonds. The SMILES string of the molecule is CC(C)NC(=O)C(=O)NCC(c1ccco1)S(=O)(=O)c1ccc(F)cc1. The molecule has 9 heteroatoms. The summed E-state index contributed by atoms with van der Waals surface area (Å²) in [4.78, 5) is 23.4. The van der Waals surface area contributed by atoms with Gasteiger partial charge in [0.25, 0.3) is 0 Å². The Balaban J connectivity index is 2.24. The van der Waals surface area contributed by atoms with E-state index in [1.54, 1.807) is 13.8 Å². The van der Waals surface area contributed by atoms with Crippen molar-refractivity contribution in [3.8, 4) is 0 Å². The predicted octanol–water partition coefficient (Wildman–Crippen LogP) is 1.57. The zero-order valence-electron chi connectivity index (χ0n) is 14.2. The number of furan rings is 1. The Kier molecular flexibility index (Phi) is 6.14. The first-order chi connectivity index (χ1) is 12.2. The third kappa shape index (κ3) is 4.69. The molecular weight excluding hydrogens is 363 g/mol. The van der Waals surface area contributed by atoms with Crippen LogP contribution in [0.4, 0.5) is 4.39 Å². The summed E-state index contributed by atoms with van der Waals surface area (Å²) < 4.78 is 44.0. The highest BCUT2D eigenvalue weighted by Gasteiger charge is 2.32. The molecule has 2 rings (SSSR count). The molecule has 0 fully saturated rings. The van der Waals surface area contributed by atoms with Crippen LogP contribution in [0.1, 0.15) is 24.9 Å². The third-order valence-corrected chi connectivity index (χ3v) is 5.53. The van der Waals surface area contributed by atoms with Crippen molar-refractivity contribution in [1.82, 2.24) is 10.6 Å². The van der Waals surface area contributed by atoms with Gasteiger partial charge in [0.05, 0.1) is 11.2 Å². The van der Waals surface area contributed by atoms with Crippen molar-refractivity contribution in [2.24, 2.45) is 0 Å². The van der Waals surface area contributed by atoms with Gasteiger partial charge in [-0.3, -0.25) is 9.59 Å². The summed E-state index contributed by atoms with van der Waals surface area (Å²) in [5.41, 5.74) is 0. The van der Waals surface area contributed by atoms with Crippen molar-refractivity contribution in [3.05, 3.63) is 54.2 Å². The zero-order valence-corrected chi connectivity index (χ0v) is 15.0. The Morgan fingerprint density at radius 2 is 1.77 bits per heavy atom. The standard InChI is InChI=1S/C17H19FN2O5S/c1-11(2)20-17(22)16(21)19-10-15(14-4-3-9-25-14)26(23,24)13-7-5-12(18)6-8-13/h3-9,11,15H,10H2,1-2H3,(H,19,21)(H,20,22). The second-order valence-electron chi connectivity index (χ2n) is 5.84. The molecule has 2 aromatic rings. The second-order valence-corrected chi connectivity index (χ2v) is 7.97. The van der Waals surface area contributed by atoms with Crippen molar-refractivity contribution < 1.29 is 26.8 Å².